The molecule has 0 aromatic heterocycles. The highest BCUT2D eigenvalue weighted by atomic mass is 19.1. The quantitative estimate of drug-likeness (QED) is 0.748. The van der Waals surface area contributed by atoms with Crippen molar-refractivity contribution in [2.24, 2.45) is 0 Å². The third kappa shape index (κ3) is 5.17. The Kier molecular flexibility index (Phi) is 6.03. The monoisotopic (exact) mass is 330 g/mol. The van der Waals surface area contributed by atoms with E-state index in [1.165, 1.54) is 18.2 Å². The molecule has 2 amide bonds. The summed E-state index contributed by atoms with van der Waals surface area (Å²) in [7, 11) is 1.76. The lowest BCUT2D eigenvalue weighted by Crippen LogP contribution is -3.14. The third-order valence-electron chi connectivity index (χ3n) is 3.72. The lowest BCUT2D eigenvalue weighted by Gasteiger charge is -2.20. The van der Waals surface area contributed by atoms with Gasteiger partial charge in [-0.25, -0.2) is 4.39 Å². The molecule has 0 heterocycles. The Hall–Kier alpha value is -2.73. The Morgan fingerprint density at radius 3 is 2.38 bits per heavy atom. The van der Waals surface area contributed by atoms with Gasteiger partial charge in [0.2, 0.25) is 0 Å². The van der Waals surface area contributed by atoms with Crippen molar-refractivity contribution < 1.29 is 18.9 Å². The molecule has 24 heavy (non-hydrogen) atoms. The summed E-state index contributed by atoms with van der Waals surface area (Å²) in [5, 5.41) is 5.44. The normalized spacial score (nSPS) is 13.0. The molecule has 2 atom stereocenters. The van der Waals surface area contributed by atoms with Crippen molar-refractivity contribution in [2.75, 3.05) is 24.2 Å². The number of amides is 2. The molecule has 0 bridgehead atoms. The van der Waals surface area contributed by atoms with Gasteiger partial charge < -0.3 is 15.5 Å². The summed E-state index contributed by atoms with van der Waals surface area (Å²) in [5.74, 6) is -0.862. The Balaban J connectivity index is 1.87. The van der Waals surface area contributed by atoms with Gasteiger partial charge in [-0.2, -0.15) is 0 Å². The second-order valence-electron chi connectivity index (χ2n) is 5.66. The molecular weight excluding hydrogens is 309 g/mol. The molecule has 0 aliphatic rings. The lowest BCUT2D eigenvalue weighted by atomic mass is 10.2. The summed E-state index contributed by atoms with van der Waals surface area (Å²) >= 11 is 0. The summed E-state index contributed by atoms with van der Waals surface area (Å²) in [5.41, 5.74) is 1.11. The fourth-order valence-corrected chi connectivity index (χ4v) is 2.17. The van der Waals surface area contributed by atoms with E-state index in [4.69, 9.17) is 0 Å². The lowest BCUT2D eigenvalue weighted by molar-refractivity contribution is -0.885. The first-order valence-corrected chi connectivity index (χ1v) is 7.69. The van der Waals surface area contributed by atoms with Crippen LogP contribution in [0.4, 0.5) is 15.8 Å². The van der Waals surface area contributed by atoms with Crippen LogP contribution in [0.25, 0.3) is 0 Å². The highest BCUT2D eigenvalue weighted by molar-refractivity contribution is 5.94. The summed E-state index contributed by atoms with van der Waals surface area (Å²) in [6.07, 6.45) is 0. The average Bonchev–Trinajstić information content (AvgIpc) is 2.54. The summed E-state index contributed by atoms with van der Waals surface area (Å²) < 4.78 is 13.1. The molecular formula is C18H21FN3O2+. The van der Waals surface area contributed by atoms with Gasteiger partial charge in [0.1, 0.15) is 5.82 Å². The van der Waals surface area contributed by atoms with E-state index in [9.17, 15) is 14.0 Å². The zero-order valence-corrected chi connectivity index (χ0v) is 13.7. The molecule has 6 heteroatoms. The van der Waals surface area contributed by atoms with E-state index < -0.39 is 11.9 Å². The molecule has 5 nitrogen and oxygen atoms in total. The van der Waals surface area contributed by atoms with Crippen molar-refractivity contribution >= 4 is 23.2 Å². The van der Waals surface area contributed by atoms with Crippen LogP contribution in [0.1, 0.15) is 6.92 Å². The number of hydrogen-bond donors (Lipinski definition) is 3. The standard InChI is InChI=1S/C18H20FN3O2/c1-13(18(24)21-15-8-4-3-5-9-15)22(2)12-17(23)20-16-10-6-7-14(19)11-16/h3-11,13H,12H2,1-2H3,(H,20,23)(H,21,24)/p+1/t13-/m0/s1. The van der Waals surface area contributed by atoms with Gasteiger partial charge in [-0.1, -0.05) is 24.3 Å². The van der Waals surface area contributed by atoms with Crippen molar-refractivity contribution in [2.45, 2.75) is 13.0 Å². The smallest absolute Gasteiger partial charge is 0.282 e. The highest BCUT2D eigenvalue weighted by Gasteiger charge is 2.24. The SMILES string of the molecule is C[C@@H](C(=O)Nc1ccccc1)[NH+](C)CC(=O)Nc1cccc(F)c1. The maximum Gasteiger partial charge on any atom is 0.282 e. The predicted octanol–water partition coefficient (Wildman–Crippen LogP) is 1.31. The molecule has 0 fully saturated rings. The van der Waals surface area contributed by atoms with E-state index in [-0.39, 0.29) is 18.4 Å². The Bertz CT molecular complexity index is 706. The van der Waals surface area contributed by atoms with E-state index in [2.05, 4.69) is 10.6 Å². The molecule has 126 valence electrons. The summed E-state index contributed by atoms with van der Waals surface area (Å²) in [6, 6.07) is 14.4. The van der Waals surface area contributed by atoms with Crippen LogP contribution in [-0.4, -0.2) is 31.4 Å². The van der Waals surface area contributed by atoms with Crippen LogP contribution in [0.2, 0.25) is 0 Å². The van der Waals surface area contributed by atoms with Gasteiger partial charge in [0, 0.05) is 11.4 Å². The zero-order valence-electron chi connectivity index (χ0n) is 13.7. The highest BCUT2D eigenvalue weighted by Crippen LogP contribution is 2.08. The van der Waals surface area contributed by atoms with E-state index in [0.29, 0.717) is 11.4 Å². The number of nitrogens with one attached hydrogen (secondary N) is 3. The minimum absolute atomic E-state index is 0.0971. The number of quaternary nitrogens is 1. The first-order valence-electron chi connectivity index (χ1n) is 7.69. The van der Waals surface area contributed by atoms with Crippen LogP contribution < -0.4 is 15.5 Å². The molecule has 2 aromatic rings. The molecule has 0 aliphatic heterocycles. The van der Waals surface area contributed by atoms with Gasteiger partial charge in [-0.15, -0.1) is 0 Å². The Morgan fingerprint density at radius 2 is 1.71 bits per heavy atom. The average molecular weight is 330 g/mol. The zero-order chi connectivity index (χ0) is 17.5. The predicted molar refractivity (Wildman–Crippen MR) is 91.3 cm³/mol. The van der Waals surface area contributed by atoms with Gasteiger partial charge in [-0.3, -0.25) is 9.59 Å². The van der Waals surface area contributed by atoms with Crippen molar-refractivity contribution in [1.82, 2.24) is 0 Å². The maximum atomic E-state index is 13.1. The number of benzene rings is 2. The number of halogens is 1. The summed E-state index contributed by atoms with van der Waals surface area (Å²) in [4.78, 5) is 25.0. The van der Waals surface area contributed by atoms with Crippen molar-refractivity contribution in [3.63, 3.8) is 0 Å². The number of anilines is 2. The number of carbonyl (C=O) groups excluding carboxylic acids is 2. The van der Waals surface area contributed by atoms with Crippen LogP contribution in [0.3, 0.4) is 0 Å². The number of hydrogen-bond acceptors (Lipinski definition) is 2. The van der Waals surface area contributed by atoms with Gasteiger partial charge in [0.05, 0.1) is 7.05 Å². The van der Waals surface area contributed by atoms with E-state index >= 15 is 0 Å². The largest absolute Gasteiger partial charge is 0.321 e. The Labute approximate surface area is 140 Å². The van der Waals surface area contributed by atoms with Crippen LogP contribution in [0.5, 0.6) is 0 Å². The molecule has 0 spiro atoms. The summed E-state index contributed by atoms with van der Waals surface area (Å²) in [6.45, 7) is 1.85. The van der Waals surface area contributed by atoms with Gasteiger partial charge in [0.15, 0.2) is 12.6 Å². The van der Waals surface area contributed by atoms with Crippen molar-refractivity contribution in [3.05, 3.63) is 60.4 Å². The second kappa shape index (κ2) is 8.21. The van der Waals surface area contributed by atoms with Crippen molar-refractivity contribution in [3.8, 4) is 0 Å². The number of carbonyl (C=O) groups is 2. The first-order chi connectivity index (χ1) is 11.5. The van der Waals surface area contributed by atoms with Crippen LogP contribution >= 0.6 is 0 Å². The van der Waals surface area contributed by atoms with Crippen LogP contribution in [0, 0.1) is 5.82 Å². The molecule has 2 rings (SSSR count). The van der Waals surface area contributed by atoms with E-state index in [1.807, 2.05) is 18.2 Å². The van der Waals surface area contributed by atoms with Gasteiger partial charge in [-0.05, 0) is 37.3 Å². The molecule has 2 aromatic carbocycles. The second-order valence-corrected chi connectivity index (χ2v) is 5.66. The fraction of sp³-hybridized carbons (Fsp3) is 0.222. The van der Waals surface area contributed by atoms with Crippen LogP contribution in [-0.2, 0) is 9.59 Å². The van der Waals surface area contributed by atoms with Gasteiger partial charge >= 0.3 is 0 Å². The van der Waals surface area contributed by atoms with Crippen LogP contribution in [0.15, 0.2) is 54.6 Å². The fourth-order valence-electron chi connectivity index (χ4n) is 2.17. The molecule has 0 saturated carbocycles. The molecule has 0 aliphatic carbocycles. The topological polar surface area (TPSA) is 62.6 Å². The Morgan fingerprint density at radius 1 is 1.04 bits per heavy atom. The van der Waals surface area contributed by atoms with Crippen molar-refractivity contribution in [1.29, 1.82) is 0 Å². The molecule has 0 radical (unpaired) electrons. The number of para-hydroxylation sites is 1. The first kappa shape index (κ1) is 17.6. The van der Waals surface area contributed by atoms with E-state index in [1.54, 1.807) is 32.2 Å². The molecule has 3 N–H and O–H groups in total. The molecule has 0 saturated heterocycles. The minimum Gasteiger partial charge on any atom is -0.321 e. The van der Waals surface area contributed by atoms with Gasteiger partial charge in [0.25, 0.3) is 11.8 Å². The molecule has 1 unspecified atom stereocenters. The number of rotatable bonds is 6. The third-order valence-corrected chi connectivity index (χ3v) is 3.72. The van der Waals surface area contributed by atoms with E-state index in [0.717, 1.165) is 4.90 Å². The number of likely N-dealkylation sites (N-methyl/N-ethyl adjacent to an activating group) is 1. The minimum atomic E-state index is -0.413. The maximum absolute atomic E-state index is 13.1.